The highest BCUT2D eigenvalue weighted by Crippen LogP contribution is 2.30. The van der Waals surface area contributed by atoms with Gasteiger partial charge >= 0.3 is 0 Å². The molecule has 9 nitrogen and oxygen atoms in total. The number of carbonyl (C=O) groups is 2. The van der Waals surface area contributed by atoms with Crippen molar-refractivity contribution < 1.29 is 9.59 Å². The summed E-state index contributed by atoms with van der Waals surface area (Å²) < 4.78 is 0. The predicted octanol–water partition coefficient (Wildman–Crippen LogP) is 4.63. The quantitative estimate of drug-likeness (QED) is 0.351. The number of fused-ring (bicyclic) bond motifs is 1. The van der Waals surface area contributed by atoms with Crippen LogP contribution in [0.15, 0.2) is 42.5 Å². The largest absolute Gasteiger partial charge is 0.349 e. The molecule has 0 radical (unpaired) electrons. The number of anilines is 2. The summed E-state index contributed by atoms with van der Waals surface area (Å²) in [6, 6.07) is 12.2. The number of nitrogens with zero attached hydrogens (tertiary/aromatic N) is 3. The van der Waals surface area contributed by atoms with Crippen molar-refractivity contribution in [2.45, 2.75) is 27.2 Å². The highest BCUT2D eigenvalue weighted by Gasteiger charge is 2.19. The highest BCUT2D eigenvalue weighted by atomic mass is 35.5. The summed E-state index contributed by atoms with van der Waals surface area (Å²) in [6.45, 7) is 6.01. The number of aromatic amines is 2. The van der Waals surface area contributed by atoms with Gasteiger partial charge in [-0.1, -0.05) is 44.5 Å². The summed E-state index contributed by atoms with van der Waals surface area (Å²) in [5, 5.41) is 20.9. The molecule has 164 valence electrons. The molecule has 0 fully saturated rings. The van der Waals surface area contributed by atoms with Crippen molar-refractivity contribution in [1.29, 1.82) is 0 Å². The van der Waals surface area contributed by atoms with Crippen LogP contribution < -0.4 is 10.6 Å². The lowest BCUT2D eigenvalue weighted by Crippen LogP contribution is -2.19. The minimum atomic E-state index is -0.361. The molecule has 2 aromatic carbocycles. The van der Waals surface area contributed by atoms with E-state index in [1.165, 1.54) is 0 Å². The second-order valence-corrected chi connectivity index (χ2v) is 9.05. The molecule has 0 unspecified atom stereocenters. The van der Waals surface area contributed by atoms with Gasteiger partial charge < -0.3 is 15.6 Å². The topological polar surface area (TPSA) is 128 Å². The number of nitrogens with one attached hydrogen (secondary N) is 4. The molecule has 4 N–H and O–H groups in total. The minimum absolute atomic E-state index is 0.0866. The average Bonchev–Trinajstić information content (AvgIpc) is 3.38. The smallest absolute Gasteiger partial charge is 0.272 e. The molecule has 0 aliphatic carbocycles. The van der Waals surface area contributed by atoms with Gasteiger partial charge in [0.25, 0.3) is 5.91 Å². The second-order valence-electron chi connectivity index (χ2n) is 8.62. The molecule has 0 spiro atoms. The monoisotopic (exact) mass is 451 g/mol. The Balaban J connectivity index is 1.60. The first-order valence-electron chi connectivity index (χ1n) is 9.96. The van der Waals surface area contributed by atoms with E-state index >= 15 is 0 Å². The molecule has 0 atom stereocenters. The molecule has 2 heterocycles. The van der Waals surface area contributed by atoms with Crippen LogP contribution in [0.4, 0.5) is 11.4 Å². The van der Waals surface area contributed by atoms with Gasteiger partial charge in [-0.05, 0) is 41.0 Å². The Morgan fingerprint density at radius 3 is 2.59 bits per heavy atom. The van der Waals surface area contributed by atoms with Crippen molar-refractivity contribution in [2.75, 3.05) is 10.6 Å². The van der Waals surface area contributed by atoms with E-state index in [-0.39, 0.29) is 17.2 Å². The van der Waals surface area contributed by atoms with Crippen molar-refractivity contribution in [3.8, 4) is 11.4 Å². The Morgan fingerprint density at radius 1 is 1.06 bits per heavy atom. The van der Waals surface area contributed by atoms with Crippen LogP contribution in [0.3, 0.4) is 0 Å². The summed E-state index contributed by atoms with van der Waals surface area (Å²) in [5.41, 5.74) is 2.52. The van der Waals surface area contributed by atoms with Crippen LogP contribution in [-0.4, -0.2) is 37.4 Å². The zero-order chi connectivity index (χ0) is 22.9. The van der Waals surface area contributed by atoms with Crippen molar-refractivity contribution in [3.63, 3.8) is 0 Å². The third kappa shape index (κ3) is 4.78. The first kappa shape index (κ1) is 21.5. The molecule has 2 amide bonds. The standard InChI is InChI=1S/C22H22ClN7O2/c1-22(2,3)11-18(31)24-16-6-4-5-12-9-17(25-19(12)16)21(32)26-15-8-7-13(23)10-14(15)20-27-29-30-28-20/h4-10,25H,11H2,1-3H3,(H,24,31)(H,26,32)(H,27,28,29,30). The van der Waals surface area contributed by atoms with Crippen molar-refractivity contribution in [2.24, 2.45) is 5.41 Å². The number of amides is 2. The van der Waals surface area contributed by atoms with E-state index in [1.54, 1.807) is 30.3 Å². The van der Waals surface area contributed by atoms with Crippen LogP contribution in [0, 0.1) is 5.41 Å². The lowest BCUT2D eigenvalue weighted by Gasteiger charge is -2.17. The maximum atomic E-state index is 13.0. The number of aromatic nitrogens is 5. The Kier molecular flexibility index (Phi) is 5.67. The van der Waals surface area contributed by atoms with E-state index < -0.39 is 0 Å². The van der Waals surface area contributed by atoms with E-state index in [0.29, 0.717) is 45.4 Å². The molecule has 32 heavy (non-hydrogen) atoms. The van der Waals surface area contributed by atoms with E-state index in [0.717, 1.165) is 5.39 Å². The van der Waals surface area contributed by atoms with Crippen LogP contribution in [0.5, 0.6) is 0 Å². The number of H-pyrrole nitrogens is 2. The lowest BCUT2D eigenvalue weighted by molar-refractivity contribution is -0.117. The number of para-hydroxylation sites is 1. The van der Waals surface area contributed by atoms with Gasteiger partial charge in [0, 0.05) is 22.4 Å². The fourth-order valence-corrected chi connectivity index (χ4v) is 3.51. The van der Waals surface area contributed by atoms with Crippen LogP contribution in [0.25, 0.3) is 22.3 Å². The Hall–Kier alpha value is -3.72. The number of tetrazole rings is 1. The molecule has 0 bridgehead atoms. The molecule has 2 aromatic heterocycles. The lowest BCUT2D eigenvalue weighted by atomic mass is 9.92. The van der Waals surface area contributed by atoms with Crippen LogP contribution in [-0.2, 0) is 4.79 Å². The van der Waals surface area contributed by atoms with Crippen molar-refractivity contribution in [1.82, 2.24) is 25.6 Å². The first-order valence-corrected chi connectivity index (χ1v) is 10.3. The number of halogens is 1. The van der Waals surface area contributed by atoms with Gasteiger partial charge in [0.15, 0.2) is 0 Å². The van der Waals surface area contributed by atoms with Crippen molar-refractivity contribution >= 4 is 45.7 Å². The van der Waals surface area contributed by atoms with Gasteiger partial charge in [-0.25, -0.2) is 0 Å². The van der Waals surface area contributed by atoms with Gasteiger partial charge in [-0.3, -0.25) is 9.59 Å². The van der Waals surface area contributed by atoms with Crippen LogP contribution in [0.2, 0.25) is 5.02 Å². The van der Waals surface area contributed by atoms with Gasteiger partial charge in [-0.2, -0.15) is 5.21 Å². The molecule has 0 saturated heterocycles. The molecular weight excluding hydrogens is 430 g/mol. The zero-order valence-electron chi connectivity index (χ0n) is 17.8. The van der Waals surface area contributed by atoms with E-state index in [2.05, 4.69) is 36.2 Å². The Morgan fingerprint density at radius 2 is 1.88 bits per heavy atom. The number of benzene rings is 2. The van der Waals surface area contributed by atoms with Gasteiger partial charge in [-0.15, -0.1) is 10.2 Å². The molecule has 0 saturated carbocycles. The van der Waals surface area contributed by atoms with Crippen LogP contribution in [0.1, 0.15) is 37.7 Å². The normalized spacial score (nSPS) is 11.5. The summed E-state index contributed by atoms with van der Waals surface area (Å²) in [4.78, 5) is 28.5. The summed E-state index contributed by atoms with van der Waals surface area (Å²) in [5.74, 6) is -0.139. The molecule has 4 aromatic rings. The average molecular weight is 452 g/mol. The third-order valence-corrected chi connectivity index (χ3v) is 4.92. The fourth-order valence-electron chi connectivity index (χ4n) is 3.33. The predicted molar refractivity (Wildman–Crippen MR) is 124 cm³/mol. The number of carbonyl (C=O) groups excluding carboxylic acids is 2. The number of rotatable bonds is 5. The second kappa shape index (κ2) is 8.43. The number of hydrogen-bond donors (Lipinski definition) is 4. The van der Waals surface area contributed by atoms with E-state index in [1.807, 2.05) is 32.9 Å². The maximum absolute atomic E-state index is 13.0. The molecule has 4 rings (SSSR count). The molecule has 0 aliphatic rings. The molecular formula is C22H22ClN7O2. The van der Waals surface area contributed by atoms with Gasteiger partial charge in [0.2, 0.25) is 11.7 Å². The van der Waals surface area contributed by atoms with Crippen LogP contribution >= 0.6 is 11.6 Å². The Labute approximate surface area is 188 Å². The van der Waals surface area contributed by atoms with Gasteiger partial charge in [0.1, 0.15) is 5.69 Å². The highest BCUT2D eigenvalue weighted by molar-refractivity contribution is 6.31. The molecule has 10 heteroatoms. The minimum Gasteiger partial charge on any atom is -0.349 e. The third-order valence-electron chi connectivity index (χ3n) is 4.68. The molecule has 0 aliphatic heterocycles. The summed E-state index contributed by atoms with van der Waals surface area (Å²) in [7, 11) is 0. The SMILES string of the molecule is CC(C)(C)CC(=O)Nc1cccc2cc(C(=O)Nc3ccc(Cl)cc3-c3nn[nH]n3)[nH]c12. The zero-order valence-corrected chi connectivity index (χ0v) is 18.5. The maximum Gasteiger partial charge on any atom is 0.272 e. The van der Waals surface area contributed by atoms with Gasteiger partial charge in [0.05, 0.1) is 16.9 Å². The summed E-state index contributed by atoms with van der Waals surface area (Å²) >= 11 is 6.10. The first-order chi connectivity index (χ1) is 15.2. The van der Waals surface area contributed by atoms with E-state index in [9.17, 15) is 9.59 Å². The fraction of sp³-hybridized carbons (Fsp3) is 0.227. The number of hydrogen-bond acceptors (Lipinski definition) is 5. The summed E-state index contributed by atoms with van der Waals surface area (Å²) in [6.07, 6.45) is 0.382. The Bertz CT molecular complexity index is 1290. The van der Waals surface area contributed by atoms with E-state index in [4.69, 9.17) is 11.6 Å². The van der Waals surface area contributed by atoms with Crippen molar-refractivity contribution in [3.05, 3.63) is 53.2 Å².